The van der Waals surface area contributed by atoms with E-state index in [1.165, 1.54) is 27.8 Å². The van der Waals surface area contributed by atoms with Gasteiger partial charge >= 0.3 is 0 Å². The fourth-order valence-corrected chi connectivity index (χ4v) is 4.46. The Kier molecular flexibility index (Phi) is 4.48. The second kappa shape index (κ2) is 6.40. The summed E-state index contributed by atoms with van der Waals surface area (Å²) in [4.78, 5) is 14.3. The predicted molar refractivity (Wildman–Crippen MR) is 92.6 cm³/mol. The topological polar surface area (TPSA) is 55.1 Å². The van der Waals surface area contributed by atoms with Gasteiger partial charge in [0.05, 0.1) is 6.20 Å². The molecule has 0 unspecified atom stereocenters. The number of hydrogen-bond donors (Lipinski definition) is 1. The Balaban J connectivity index is 2.09. The van der Waals surface area contributed by atoms with Crippen molar-refractivity contribution in [2.45, 2.75) is 51.5 Å². The average molecular weight is 330 g/mol. The van der Waals surface area contributed by atoms with E-state index in [-0.39, 0.29) is 17.2 Å². The largest absolute Gasteiger partial charge is 0.493 e. The van der Waals surface area contributed by atoms with Gasteiger partial charge in [-0.05, 0) is 68.5 Å². The van der Waals surface area contributed by atoms with Gasteiger partial charge in [-0.1, -0.05) is 0 Å². The van der Waals surface area contributed by atoms with E-state index in [9.17, 15) is 9.90 Å². The Hall–Kier alpha value is -1.75. The number of carbonyl (C=O) groups is 1. The van der Waals surface area contributed by atoms with Crippen LogP contribution in [0.2, 0.25) is 0 Å². The zero-order chi connectivity index (χ0) is 16.6. The third-order valence-electron chi connectivity index (χ3n) is 4.52. The quantitative estimate of drug-likeness (QED) is 0.868. The number of thioether (sulfide) groups is 1. The van der Waals surface area contributed by atoms with E-state index in [0.29, 0.717) is 12.1 Å². The summed E-state index contributed by atoms with van der Waals surface area (Å²) in [5.41, 5.74) is 4.49. The van der Waals surface area contributed by atoms with E-state index in [1.807, 2.05) is 31.7 Å². The first-order valence-corrected chi connectivity index (χ1v) is 9.08. The first kappa shape index (κ1) is 16.1. The number of fused-ring (bicyclic) bond motifs is 1. The van der Waals surface area contributed by atoms with Crippen molar-refractivity contribution in [1.82, 2.24) is 9.78 Å². The molecule has 0 atom stereocenters. The summed E-state index contributed by atoms with van der Waals surface area (Å²) in [6.07, 6.45) is 4.87. The molecule has 1 aliphatic heterocycles. The van der Waals surface area contributed by atoms with Crippen LogP contribution < -0.4 is 0 Å². The molecule has 0 bridgehead atoms. The maximum absolute atomic E-state index is 12.9. The molecule has 3 rings (SSSR count). The Labute approximate surface area is 140 Å². The van der Waals surface area contributed by atoms with Crippen LogP contribution in [0.15, 0.2) is 17.2 Å². The lowest BCUT2D eigenvalue weighted by atomic mass is 9.92. The molecule has 1 aliphatic rings. The molecular formula is C18H22N2O2S. The van der Waals surface area contributed by atoms with E-state index in [2.05, 4.69) is 12.0 Å². The van der Waals surface area contributed by atoms with Crippen molar-refractivity contribution in [3.05, 3.63) is 40.1 Å². The Morgan fingerprint density at radius 2 is 2.13 bits per heavy atom. The second-order valence-corrected chi connectivity index (χ2v) is 7.11. The van der Waals surface area contributed by atoms with Gasteiger partial charge in [0.15, 0.2) is 5.78 Å². The number of rotatable bonds is 3. The summed E-state index contributed by atoms with van der Waals surface area (Å²) >= 11 is 1.90. The first-order chi connectivity index (χ1) is 11.0. The lowest BCUT2D eigenvalue weighted by molar-refractivity contribution is 0.103. The van der Waals surface area contributed by atoms with E-state index in [0.717, 1.165) is 29.7 Å². The van der Waals surface area contributed by atoms with Gasteiger partial charge in [0.1, 0.15) is 5.56 Å². The number of aryl methyl sites for hydroxylation is 2. The molecule has 1 N–H and O–H groups in total. The van der Waals surface area contributed by atoms with Crippen LogP contribution in [0.4, 0.5) is 0 Å². The van der Waals surface area contributed by atoms with Gasteiger partial charge < -0.3 is 5.11 Å². The molecular weight excluding hydrogens is 308 g/mol. The van der Waals surface area contributed by atoms with E-state index < -0.39 is 0 Å². The maximum Gasteiger partial charge on any atom is 0.220 e. The van der Waals surface area contributed by atoms with Crippen LogP contribution in [-0.2, 0) is 13.0 Å². The zero-order valence-electron chi connectivity index (χ0n) is 13.8. The van der Waals surface area contributed by atoms with Crippen molar-refractivity contribution in [1.29, 1.82) is 0 Å². The van der Waals surface area contributed by atoms with Crippen LogP contribution in [0.3, 0.4) is 0 Å². The highest BCUT2D eigenvalue weighted by Crippen LogP contribution is 2.36. The molecule has 2 heterocycles. The minimum absolute atomic E-state index is 0.0427. The summed E-state index contributed by atoms with van der Waals surface area (Å²) in [6, 6.07) is 1.97. The minimum Gasteiger partial charge on any atom is -0.493 e. The van der Waals surface area contributed by atoms with Crippen LogP contribution in [0, 0.1) is 13.8 Å². The lowest BCUT2D eigenvalue weighted by Gasteiger charge is -2.16. The summed E-state index contributed by atoms with van der Waals surface area (Å²) in [5, 5.41) is 14.3. The molecule has 1 aromatic carbocycles. The number of carbonyl (C=O) groups excluding carboxylic acids is 1. The average Bonchev–Trinajstić information content (AvgIpc) is 2.75. The third-order valence-corrected chi connectivity index (χ3v) is 5.87. The molecule has 0 amide bonds. The second-order valence-electron chi connectivity index (χ2n) is 6.01. The zero-order valence-corrected chi connectivity index (χ0v) is 14.7. The SMILES string of the molecule is CCn1ncc(C(=O)c2cc(C)c3c(c2C)CCCCS3)c1O. The number of benzene rings is 1. The highest BCUT2D eigenvalue weighted by atomic mass is 32.2. The molecule has 23 heavy (non-hydrogen) atoms. The van der Waals surface area contributed by atoms with Crippen LogP contribution in [0.1, 0.15) is 52.4 Å². The van der Waals surface area contributed by atoms with Gasteiger partial charge in [0, 0.05) is 17.0 Å². The van der Waals surface area contributed by atoms with Gasteiger partial charge in [0.2, 0.25) is 5.88 Å². The number of hydrogen-bond acceptors (Lipinski definition) is 4. The normalized spacial score (nSPS) is 14.4. The van der Waals surface area contributed by atoms with Crippen molar-refractivity contribution in [3.63, 3.8) is 0 Å². The summed E-state index contributed by atoms with van der Waals surface area (Å²) in [7, 11) is 0. The number of nitrogens with zero attached hydrogens (tertiary/aromatic N) is 2. The molecule has 2 aromatic rings. The fourth-order valence-electron chi connectivity index (χ4n) is 3.19. The standard InChI is InChI=1S/C18H22N2O2S/c1-4-20-18(22)15(10-19-20)16(21)14-9-11(2)17-13(12(14)3)7-5-6-8-23-17/h9-10,22H,4-8H2,1-3H3. The highest BCUT2D eigenvalue weighted by Gasteiger charge is 2.23. The molecule has 0 aliphatic carbocycles. The number of aromatic nitrogens is 2. The van der Waals surface area contributed by atoms with E-state index >= 15 is 0 Å². The van der Waals surface area contributed by atoms with Gasteiger partial charge in [0.25, 0.3) is 0 Å². The smallest absolute Gasteiger partial charge is 0.220 e. The third kappa shape index (κ3) is 2.78. The van der Waals surface area contributed by atoms with Gasteiger partial charge in [-0.15, -0.1) is 11.8 Å². The van der Waals surface area contributed by atoms with E-state index in [4.69, 9.17) is 0 Å². The van der Waals surface area contributed by atoms with E-state index in [1.54, 1.807) is 0 Å². The Morgan fingerprint density at radius 1 is 1.35 bits per heavy atom. The summed E-state index contributed by atoms with van der Waals surface area (Å²) < 4.78 is 1.44. The number of ketones is 1. The van der Waals surface area contributed by atoms with Crippen LogP contribution in [0.5, 0.6) is 5.88 Å². The minimum atomic E-state index is -0.139. The van der Waals surface area contributed by atoms with Crippen molar-refractivity contribution in [2.24, 2.45) is 0 Å². The molecule has 5 heteroatoms. The molecule has 0 saturated heterocycles. The molecule has 0 spiro atoms. The highest BCUT2D eigenvalue weighted by molar-refractivity contribution is 7.99. The molecule has 0 radical (unpaired) electrons. The predicted octanol–water partition coefficient (Wildman–Crippen LogP) is 3.88. The van der Waals surface area contributed by atoms with Crippen LogP contribution in [-0.4, -0.2) is 26.4 Å². The maximum atomic E-state index is 12.9. The molecule has 0 saturated carbocycles. The fraction of sp³-hybridized carbons (Fsp3) is 0.444. The van der Waals surface area contributed by atoms with Crippen LogP contribution >= 0.6 is 11.8 Å². The van der Waals surface area contributed by atoms with Gasteiger partial charge in [-0.2, -0.15) is 5.10 Å². The van der Waals surface area contributed by atoms with Gasteiger partial charge in [-0.3, -0.25) is 4.79 Å². The molecule has 1 aromatic heterocycles. The summed E-state index contributed by atoms with van der Waals surface area (Å²) in [6.45, 7) is 6.52. The van der Waals surface area contributed by atoms with Crippen molar-refractivity contribution in [2.75, 3.05) is 5.75 Å². The monoisotopic (exact) mass is 330 g/mol. The molecule has 122 valence electrons. The van der Waals surface area contributed by atoms with Crippen LogP contribution in [0.25, 0.3) is 0 Å². The van der Waals surface area contributed by atoms with Gasteiger partial charge in [-0.25, -0.2) is 4.68 Å². The Bertz CT molecular complexity index is 765. The van der Waals surface area contributed by atoms with Crippen molar-refractivity contribution in [3.8, 4) is 5.88 Å². The molecule has 0 fully saturated rings. The van der Waals surface area contributed by atoms with Crippen molar-refractivity contribution < 1.29 is 9.90 Å². The number of aromatic hydroxyl groups is 1. The van der Waals surface area contributed by atoms with Crippen molar-refractivity contribution >= 4 is 17.5 Å². The molecule has 4 nitrogen and oxygen atoms in total. The summed E-state index contributed by atoms with van der Waals surface area (Å²) in [5.74, 6) is 0.962. The Morgan fingerprint density at radius 3 is 2.83 bits per heavy atom. The first-order valence-electron chi connectivity index (χ1n) is 8.10. The lowest BCUT2D eigenvalue weighted by Crippen LogP contribution is -2.08.